The molecule has 0 rings (SSSR count). The van der Waals surface area contributed by atoms with Crippen molar-refractivity contribution in [3.05, 3.63) is 12.2 Å². The minimum atomic E-state index is -0.156. The van der Waals surface area contributed by atoms with Crippen molar-refractivity contribution in [1.82, 2.24) is 0 Å². The summed E-state index contributed by atoms with van der Waals surface area (Å²) in [5.74, 6) is -0.156. The van der Waals surface area contributed by atoms with Crippen molar-refractivity contribution in [3.8, 4) is 0 Å². The van der Waals surface area contributed by atoms with Crippen LogP contribution in [-0.4, -0.2) is 5.91 Å². The molecular formula is C22H43NO. The topological polar surface area (TPSA) is 43.1 Å². The summed E-state index contributed by atoms with van der Waals surface area (Å²) in [6.45, 7) is 2.28. The Balaban J connectivity index is 3.06. The number of carbonyl (C=O) groups is 1. The lowest BCUT2D eigenvalue weighted by molar-refractivity contribution is -0.118. The number of hydrogen-bond acceptors (Lipinski definition) is 1. The highest BCUT2D eigenvalue weighted by Gasteiger charge is 1.95. The Labute approximate surface area is 151 Å². The van der Waals surface area contributed by atoms with Crippen LogP contribution in [0.1, 0.15) is 122 Å². The summed E-state index contributed by atoms with van der Waals surface area (Å²) < 4.78 is 0. The number of amides is 1. The van der Waals surface area contributed by atoms with Crippen molar-refractivity contribution in [2.24, 2.45) is 5.73 Å². The van der Waals surface area contributed by atoms with Gasteiger partial charge in [-0.15, -0.1) is 0 Å². The van der Waals surface area contributed by atoms with Gasteiger partial charge in [0.05, 0.1) is 0 Å². The Hall–Kier alpha value is -0.790. The van der Waals surface area contributed by atoms with Gasteiger partial charge in [0.2, 0.25) is 5.91 Å². The molecule has 0 spiro atoms. The number of allylic oxidation sites excluding steroid dienone is 2. The fraction of sp³-hybridized carbons (Fsp3) is 0.864. The molecule has 24 heavy (non-hydrogen) atoms. The van der Waals surface area contributed by atoms with Gasteiger partial charge in [-0.05, 0) is 32.1 Å². The first-order valence-electron chi connectivity index (χ1n) is 10.7. The van der Waals surface area contributed by atoms with Gasteiger partial charge < -0.3 is 5.73 Å². The zero-order chi connectivity index (χ0) is 17.7. The van der Waals surface area contributed by atoms with E-state index in [1.54, 1.807) is 0 Å². The normalized spacial score (nSPS) is 11.4. The predicted octanol–water partition coefficient (Wildman–Crippen LogP) is 7.07. The zero-order valence-electron chi connectivity index (χ0n) is 16.4. The standard InChI is InChI=1S/C22H43NO/c1-2-3-4-5-6-7-8-9-10-11-12-13-14-15-16-17-18-19-20-21-22(23)24/h9-10H,2-8,11-21H2,1H3,(H2,23,24)/b10-9+. The lowest BCUT2D eigenvalue weighted by Crippen LogP contribution is -2.09. The van der Waals surface area contributed by atoms with E-state index in [1.165, 1.54) is 96.3 Å². The molecule has 0 aromatic heterocycles. The van der Waals surface area contributed by atoms with Crippen molar-refractivity contribution in [2.75, 3.05) is 0 Å². The summed E-state index contributed by atoms with van der Waals surface area (Å²) in [4.78, 5) is 10.6. The van der Waals surface area contributed by atoms with Crippen LogP contribution in [0.15, 0.2) is 12.2 Å². The predicted molar refractivity (Wildman–Crippen MR) is 107 cm³/mol. The highest BCUT2D eigenvalue weighted by atomic mass is 16.1. The van der Waals surface area contributed by atoms with Gasteiger partial charge in [0, 0.05) is 6.42 Å². The summed E-state index contributed by atoms with van der Waals surface area (Å²) in [6.07, 6.45) is 27.8. The minimum absolute atomic E-state index is 0.156. The zero-order valence-corrected chi connectivity index (χ0v) is 16.4. The average molecular weight is 338 g/mol. The smallest absolute Gasteiger partial charge is 0.217 e. The third-order valence-electron chi connectivity index (χ3n) is 4.68. The van der Waals surface area contributed by atoms with Gasteiger partial charge in [0.25, 0.3) is 0 Å². The lowest BCUT2D eigenvalue weighted by atomic mass is 10.1. The molecule has 0 aromatic carbocycles. The first-order chi connectivity index (χ1) is 11.8. The van der Waals surface area contributed by atoms with Gasteiger partial charge in [-0.25, -0.2) is 0 Å². The summed E-state index contributed by atoms with van der Waals surface area (Å²) in [7, 11) is 0. The highest BCUT2D eigenvalue weighted by molar-refractivity contribution is 5.73. The molecule has 2 heteroatoms. The number of nitrogens with two attached hydrogens (primary N) is 1. The number of unbranched alkanes of at least 4 members (excludes halogenated alkanes) is 15. The van der Waals surface area contributed by atoms with Crippen molar-refractivity contribution in [1.29, 1.82) is 0 Å². The number of rotatable bonds is 19. The van der Waals surface area contributed by atoms with Crippen LogP contribution in [0.5, 0.6) is 0 Å². The molecule has 0 bridgehead atoms. The molecule has 0 aliphatic carbocycles. The molecule has 2 nitrogen and oxygen atoms in total. The van der Waals surface area contributed by atoms with Crippen LogP contribution in [0.25, 0.3) is 0 Å². The molecule has 0 aliphatic heterocycles. The van der Waals surface area contributed by atoms with E-state index < -0.39 is 0 Å². The second kappa shape index (κ2) is 20.3. The Kier molecular flexibility index (Phi) is 19.6. The van der Waals surface area contributed by atoms with Crippen LogP contribution in [0.3, 0.4) is 0 Å². The fourth-order valence-electron chi connectivity index (χ4n) is 3.08. The highest BCUT2D eigenvalue weighted by Crippen LogP contribution is 2.12. The molecular weight excluding hydrogens is 294 g/mol. The van der Waals surface area contributed by atoms with Crippen molar-refractivity contribution in [3.63, 3.8) is 0 Å². The van der Waals surface area contributed by atoms with E-state index in [0.717, 1.165) is 12.8 Å². The molecule has 0 fully saturated rings. The number of hydrogen-bond donors (Lipinski definition) is 1. The van der Waals surface area contributed by atoms with Crippen LogP contribution >= 0.6 is 0 Å². The van der Waals surface area contributed by atoms with Gasteiger partial charge >= 0.3 is 0 Å². The molecule has 0 atom stereocenters. The lowest BCUT2D eigenvalue weighted by Gasteiger charge is -2.01. The van der Waals surface area contributed by atoms with E-state index in [2.05, 4.69) is 19.1 Å². The minimum Gasteiger partial charge on any atom is -0.370 e. The van der Waals surface area contributed by atoms with E-state index in [9.17, 15) is 4.79 Å². The van der Waals surface area contributed by atoms with Gasteiger partial charge in [-0.1, -0.05) is 96.1 Å². The molecule has 0 unspecified atom stereocenters. The molecule has 0 heterocycles. The van der Waals surface area contributed by atoms with Crippen LogP contribution < -0.4 is 5.73 Å². The Morgan fingerprint density at radius 3 is 1.42 bits per heavy atom. The van der Waals surface area contributed by atoms with Crippen LogP contribution in [0, 0.1) is 0 Å². The van der Waals surface area contributed by atoms with Gasteiger partial charge in [0.1, 0.15) is 0 Å². The van der Waals surface area contributed by atoms with Crippen molar-refractivity contribution in [2.45, 2.75) is 122 Å². The van der Waals surface area contributed by atoms with Crippen LogP contribution in [0.2, 0.25) is 0 Å². The summed E-state index contributed by atoms with van der Waals surface area (Å²) in [6, 6.07) is 0. The maximum absolute atomic E-state index is 10.6. The van der Waals surface area contributed by atoms with Crippen LogP contribution in [0.4, 0.5) is 0 Å². The Morgan fingerprint density at radius 1 is 0.625 bits per heavy atom. The van der Waals surface area contributed by atoms with E-state index in [-0.39, 0.29) is 5.91 Å². The van der Waals surface area contributed by atoms with Gasteiger partial charge in [-0.3, -0.25) is 4.79 Å². The molecule has 0 aliphatic rings. The van der Waals surface area contributed by atoms with Crippen LogP contribution in [-0.2, 0) is 4.79 Å². The number of primary amides is 1. The first-order valence-corrected chi connectivity index (χ1v) is 10.7. The van der Waals surface area contributed by atoms with E-state index >= 15 is 0 Å². The Bertz CT molecular complexity index is 286. The molecule has 2 N–H and O–H groups in total. The summed E-state index contributed by atoms with van der Waals surface area (Å²) in [5, 5.41) is 0. The maximum Gasteiger partial charge on any atom is 0.217 e. The van der Waals surface area contributed by atoms with E-state index in [4.69, 9.17) is 5.73 Å². The molecule has 0 saturated heterocycles. The second-order valence-electron chi connectivity index (χ2n) is 7.21. The van der Waals surface area contributed by atoms with Gasteiger partial charge in [-0.2, -0.15) is 0 Å². The monoisotopic (exact) mass is 337 g/mol. The number of carbonyl (C=O) groups excluding carboxylic acids is 1. The molecule has 0 aromatic rings. The molecule has 142 valence electrons. The average Bonchev–Trinajstić information content (AvgIpc) is 2.56. The third kappa shape index (κ3) is 21.2. The molecule has 0 radical (unpaired) electrons. The fourth-order valence-corrected chi connectivity index (χ4v) is 3.08. The van der Waals surface area contributed by atoms with Crippen molar-refractivity contribution < 1.29 is 4.79 Å². The quantitative estimate of drug-likeness (QED) is 0.199. The van der Waals surface area contributed by atoms with E-state index in [0.29, 0.717) is 6.42 Å². The first kappa shape index (κ1) is 23.2. The van der Waals surface area contributed by atoms with Crippen molar-refractivity contribution >= 4 is 5.91 Å². The summed E-state index contributed by atoms with van der Waals surface area (Å²) >= 11 is 0. The SMILES string of the molecule is CCCCCCCC/C=C/CCCCCCCCCCCC(N)=O. The second-order valence-corrected chi connectivity index (χ2v) is 7.21. The van der Waals surface area contributed by atoms with Gasteiger partial charge in [0.15, 0.2) is 0 Å². The maximum atomic E-state index is 10.6. The Morgan fingerprint density at radius 2 is 1.00 bits per heavy atom. The molecule has 1 amide bonds. The largest absolute Gasteiger partial charge is 0.370 e. The molecule has 0 saturated carbocycles. The summed E-state index contributed by atoms with van der Waals surface area (Å²) in [5.41, 5.74) is 5.13. The third-order valence-corrected chi connectivity index (χ3v) is 4.68. The van der Waals surface area contributed by atoms with E-state index in [1.807, 2.05) is 0 Å².